The summed E-state index contributed by atoms with van der Waals surface area (Å²) < 4.78 is 1.22. The molecule has 1 aromatic rings. The van der Waals surface area contributed by atoms with Gasteiger partial charge in [-0.1, -0.05) is 6.42 Å². The molecule has 2 unspecified atom stereocenters. The second-order valence-electron chi connectivity index (χ2n) is 4.72. The Labute approximate surface area is 109 Å². The van der Waals surface area contributed by atoms with Crippen LogP contribution in [-0.2, 0) is 11.3 Å². The number of hydrogen-bond acceptors (Lipinski definition) is 5. The van der Waals surface area contributed by atoms with Crippen molar-refractivity contribution < 1.29 is 14.8 Å². The molecule has 0 radical (unpaired) electrons. The lowest BCUT2D eigenvalue weighted by Crippen LogP contribution is -2.34. The Bertz CT molecular complexity index is 473. The zero-order valence-electron chi connectivity index (χ0n) is 10.4. The molecule has 0 aromatic carbocycles. The monoisotopic (exact) mass is 268 g/mol. The molecule has 0 saturated heterocycles. The highest BCUT2D eigenvalue weighted by molar-refractivity contribution is 5.75. The van der Waals surface area contributed by atoms with E-state index in [1.807, 2.05) is 0 Å². The van der Waals surface area contributed by atoms with E-state index in [0.717, 1.165) is 25.5 Å². The number of aliphatic hydroxyl groups excluding tert-OH is 1. The van der Waals surface area contributed by atoms with Gasteiger partial charge in [0.05, 0.1) is 11.0 Å². The molecule has 1 aliphatic carbocycles. The van der Waals surface area contributed by atoms with Crippen molar-refractivity contribution in [3.63, 3.8) is 0 Å². The smallest absolute Gasteiger partial charge is 0.307 e. The molecule has 19 heavy (non-hydrogen) atoms. The maximum atomic E-state index is 11.6. The highest BCUT2D eigenvalue weighted by atomic mass is 16.6. The molecule has 1 amide bonds. The first-order valence-corrected chi connectivity index (χ1v) is 6.18. The molecular weight excluding hydrogens is 252 g/mol. The van der Waals surface area contributed by atoms with E-state index in [2.05, 4.69) is 10.4 Å². The largest absolute Gasteiger partial charge is 0.393 e. The molecular formula is C11H16N4O4. The van der Waals surface area contributed by atoms with E-state index in [4.69, 9.17) is 0 Å². The number of nitro groups is 1. The van der Waals surface area contributed by atoms with Gasteiger partial charge in [-0.3, -0.25) is 19.6 Å². The molecule has 8 nitrogen and oxygen atoms in total. The van der Waals surface area contributed by atoms with Crippen LogP contribution in [-0.4, -0.2) is 38.4 Å². The second-order valence-corrected chi connectivity index (χ2v) is 4.72. The summed E-state index contributed by atoms with van der Waals surface area (Å²) in [6, 6.07) is 0. The standard InChI is InChI=1S/C11H16N4O4/c16-10-3-1-2-8(10)4-12-11(17)7-14-6-9(5-13-14)15(18)19/h5-6,8,10,16H,1-4,7H2,(H,12,17). The molecule has 2 atom stereocenters. The zero-order valence-corrected chi connectivity index (χ0v) is 10.4. The Morgan fingerprint density at radius 1 is 1.63 bits per heavy atom. The van der Waals surface area contributed by atoms with E-state index in [0.29, 0.717) is 6.54 Å². The van der Waals surface area contributed by atoms with Gasteiger partial charge < -0.3 is 10.4 Å². The van der Waals surface area contributed by atoms with Crippen LogP contribution in [0.15, 0.2) is 12.4 Å². The van der Waals surface area contributed by atoms with Gasteiger partial charge in [-0.05, 0) is 12.8 Å². The predicted octanol–water partition coefficient (Wildman–Crippen LogP) is 0.0685. The highest BCUT2D eigenvalue weighted by Crippen LogP contribution is 2.24. The number of rotatable bonds is 5. The third kappa shape index (κ3) is 3.50. The van der Waals surface area contributed by atoms with Crippen LogP contribution in [0.25, 0.3) is 0 Å². The summed E-state index contributed by atoms with van der Waals surface area (Å²) >= 11 is 0. The van der Waals surface area contributed by atoms with Crippen LogP contribution in [0.1, 0.15) is 19.3 Å². The molecule has 1 saturated carbocycles. The van der Waals surface area contributed by atoms with Crippen molar-refractivity contribution in [3.8, 4) is 0 Å². The minimum Gasteiger partial charge on any atom is -0.393 e. The summed E-state index contributed by atoms with van der Waals surface area (Å²) in [6.07, 6.45) is 4.65. The zero-order chi connectivity index (χ0) is 13.8. The van der Waals surface area contributed by atoms with Crippen LogP contribution < -0.4 is 5.32 Å². The van der Waals surface area contributed by atoms with E-state index in [-0.39, 0.29) is 30.2 Å². The van der Waals surface area contributed by atoms with Gasteiger partial charge in [0.2, 0.25) is 5.91 Å². The lowest BCUT2D eigenvalue weighted by Gasteiger charge is -2.14. The molecule has 0 bridgehead atoms. The third-order valence-corrected chi connectivity index (χ3v) is 3.32. The van der Waals surface area contributed by atoms with Crippen LogP contribution in [0, 0.1) is 16.0 Å². The summed E-state index contributed by atoms with van der Waals surface area (Å²) in [5.74, 6) is -0.159. The molecule has 1 aliphatic rings. The van der Waals surface area contributed by atoms with Gasteiger partial charge in [0.25, 0.3) is 0 Å². The van der Waals surface area contributed by atoms with Gasteiger partial charge in [-0.2, -0.15) is 5.10 Å². The van der Waals surface area contributed by atoms with Crippen LogP contribution in [0.4, 0.5) is 5.69 Å². The molecule has 104 valence electrons. The molecule has 0 spiro atoms. The number of nitrogens with one attached hydrogen (secondary N) is 1. The third-order valence-electron chi connectivity index (χ3n) is 3.32. The van der Waals surface area contributed by atoms with Gasteiger partial charge in [0.15, 0.2) is 0 Å². The quantitative estimate of drug-likeness (QED) is 0.580. The van der Waals surface area contributed by atoms with E-state index >= 15 is 0 Å². The fraction of sp³-hybridized carbons (Fsp3) is 0.636. The van der Waals surface area contributed by atoms with Crippen molar-refractivity contribution in [1.82, 2.24) is 15.1 Å². The molecule has 1 heterocycles. The molecule has 1 fully saturated rings. The van der Waals surface area contributed by atoms with Crippen molar-refractivity contribution in [2.45, 2.75) is 31.9 Å². The summed E-state index contributed by atoms with van der Waals surface area (Å²) in [5, 5.41) is 26.5. The molecule has 2 rings (SSSR count). The van der Waals surface area contributed by atoms with E-state index in [1.165, 1.54) is 10.9 Å². The molecule has 8 heteroatoms. The predicted molar refractivity (Wildman–Crippen MR) is 65.2 cm³/mol. The van der Waals surface area contributed by atoms with Crippen LogP contribution in [0.2, 0.25) is 0 Å². The number of carbonyl (C=O) groups is 1. The average molecular weight is 268 g/mol. The lowest BCUT2D eigenvalue weighted by atomic mass is 10.1. The lowest BCUT2D eigenvalue weighted by molar-refractivity contribution is -0.385. The van der Waals surface area contributed by atoms with Crippen LogP contribution >= 0.6 is 0 Å². The number of aliphatic hydroxyl groups is 1. The topological polar surface area (TPSA) is 110 Å². The molecule has 2 N–H and O–H groups in total. The normalized spacial score (nSPS) is 22.4. The minimum atomic E-state index is -0.559. The van der Waals surface area contributed by atoms with Crippen molar-refractivity contribution in [2.24, 2.45) is 5.92 Å². The first-order chi connectivity index (χ1) is 9.06. The Kier molecular flexibility index (Phi) is 4.10. The first kappa shape index (κ1) is 13.5. The minimum absolute atomic E-state index is 0.0589. The summed E-state index contributed by atoms with van der Waals surface area (Å²) in [4.78, 5) is 21.5. The van der Waals surface area contributed by atoms with Gasteiger partial charge in [-0.25, -0.2) is 0 Å². The number of aromatic nitrogens is 2. The maximum Gasteiger partial charge on any atom is 0.307 e. The maximum absolute atomic E-state index is 11.6. The number of nitrogens with zero attached hydrogens (tertiary/aromatic N) is 3. The number of amides is 1. The van der Waals surface area contributed by atoms with Gasteiger partial charge in [0.1, 0.15) is 18.9 Å². The fourth-order valence-electron chi connectivity index (χ4n) is 2.24. The van der Waals surface area contributed by atoms with Crippen molar-refractivity contribution in [3.05, 3.63) is 22.5 Å². The van der Waals surface area contributed by atoms with Gasteiger partial charge >= 0.3 is 5.69 Å². The Balaban J connectivity index is 1.78. The summed E-state index contributed by atoms with van der Waals surface area (Å²) in [6.45, 7) is 0.375. The van der Waals surface area contributed by atoms with E-state index in [9.17, 15) is 20.0 Å². The highest BCUT2D eigenvalue weighted by Gasteiger charge is 2.25. The summed E-state index contributed by atoms with van der Waals surface area (Å²) in [7, 11) is 0. The van der Waals surface area contributed by atoms with Crippen molar-refractivity contribution >= 4 is 11.6 Å². The SMILES string of the molecule is O=C(Cn1cc([N+](=O)[O-])cn1)NCC1CCCC1O. The van der Waals surface area contributed by atoms with E-state index < -0.39 is 4.92 Å². The second kappa shape index (κ2) is 5.79. The Hall–Kier alpha value is -1.96. The van der Waals surface area contributed by atoms with Crippen LogP contribution in [0.5, 0.6) is 0 Å². The Morgan fingerprint density at radius 3 is 3.00 bits per heavy atom. The summed E-state index contributed by atoms with van der Waals surface area (Å²) in [5.41, 5.74) is -0.140. The van der Waals surface area contributed by atoms with Gasteiger partial charge in [-0.15, -0.1) is 0 Å². The number of hydrogen-bond donors (Lipinski definition) is 2. The van der Waals surface area contributed by atoms with Gasteiger partial charge in [0, 0.05) is 12.5 Å². The molecule has 1 aromatic heterocycles. The van der Waals surface area contributed by atoms with Crippen molar-refractivity contribution in [1.29, 1.82) is 0 Å². The molecule has 0 aliphatic heterocycles. The number of carbonyl (C=O) groups excluding carboxylic acids is 1. The first-order valence-electron chi connectivity index (χ1n) is 6.18. The fourth-order valence-corrected chi connectivity index (χ4v) is 2.24. The van der Waals surface area contributed by atoms with E-state index in [1.54, 1.807) is 0 Å². The average Bonchev–Trinajstić information content (AvgIpc) is 2.96. The van der Waals surface area contributed by atoms with Crippen molar-refractivity contribution in [2.75, 3.05) is 6.54 Å². The Morgan fingerprint density at radius 2 is 2.42 bits per heavy atom. The van der Waals surface area contributed by atoms with Crippen LogP contribution in [0.3, 0.4) is 0 Å².